The minimum Gasteiger partial charge on any atom is -0.279 e. The molecule has 0 saturated heterocycles. The van der Waals surface area contributed by atoms with Crippen molar-refractivity contribution in [2.75, 3.05) is 0 Å². The summed E-state index contributed by atoms with van der Waals surface area (Å²) >= 11 is 0. The van der Waals surface area contributed by atoms with Crippen LogP contribution in [-0.4, -0.2) is 10.2 Å². The van der Waals surface area contributed by atoms with E-state index in [9.17, 15) is 4.39 Å². The van der Waals surface area contributed by atoms with Gasteiger partial charge >= 0.3 is 0 Å². The van der Waals surface area contributed by atoms with Crippen LogP contribution in [0.4, 0.5) is 4.39 Å². The molecule has 13 heavy (non-hydrogen) atoms. The number of aromatic amines is 1. The van der Waals surface area contributed by atoms with Crippen LogP contribution in [0.5, 0.6) is 0 Å². The van der Waals surface area contributed by atoms with Crippen molar-refractivity contribution in [3.63, 3.8) is 0 Å². The zero-order valence-electron chi connectivity index (χ0n) is 7.97. The number of aromatic nitrogens is 2. The number of halogens is 1. The van der Waals surface area contributed by atoms with Crippen molar-refractivity contribution >= 4 is 0 Å². The summed E-state index contributed by atoms with van der Waals surface area (Å²) in [5.74, 6) is 1.13. The van der Waals surface area contributed by atoms with E-state index in [2.05, 4.69) is 30.2 Å². The molecule has 3 heteroatoms. The summed E-state index contributed by atoms with van der Waals surface area (Å²) in [5, 5.41) is 6.34. The highest BCUT2D eigenvalue weighted by Gasteiger charge is 2.36. The Bertz CT molecular complexity index is 287. The van der Waals surface area contributed by atoms with Crippen molar-refractivity contribution in [2.24, 2.45) is 11.8 Å². The lowest BCUT2D eigenvalue weighted by atomic mass is 9.88. The van der Waals surface area contributed by atoms with Gasteiger partial charge in [0.1, 0.15) is 0 Å². The molecule has 2 nitrogen and oxygen atoms in total. The summed E-state index contributed by atoms with van der Waals surface area (Å²) in [6.45, 7) is 4.26. The van der Waals surface area contributed by atoms with E-state index in [-0.39, 0.29) is 5.82 Å². The maximum Gasteiger partial charge on any atom is 0.174 e. The fourth-order valence-electron chi connectivity index (χ4n) is 2.04. The fourth-order valence-corrected chi connectivity index (χ4v) is 2.04. The van der Waals surface area contributed by atoms with Crippen molar-refractivity contribution in [1.82, 2.24) is 10.2 Å². The predicted molar refractivity (Wildman–Crippen MR) is 47.7 cm³/mol. The van der Waals surface area contributed by atoms with Crippen LogP contribution in [0, 0.1) is 23.8 Å². The van der Waals surface area contributed by atoms with Crippen LogP contribution >= 0.6 is 0 Å². The average molecular weight is 181 g/mol. The van der Waals surface area contributed by atoms with Gasteiger partial charge in [-0.05, 0) is 24.7 Å². The number of H-pyrrole nitrogens is 1. The van der Waals surface area contributed by atoms with Crippen LogP contribution in [0.3, 0.4) is 0 Å². The summed E-state index contributed by atoms with van der Waals surface area (Å²) in [4.78, 5) is 0. The zero-order chi connectivity index (χ0) is 9.42. The van der Waals surface area contributed by atoms with Crippen molar-refractivity contribution < 1.29 is 4.39 Å². The molecule has 1 radical (unpaired) electrons. The summed E-state index contributed by atoms with van der Waals surface area (Å²) < 4.78 is 13.2. The summed E-state index contributed by atoms with van der Waals surface area (Å²) in [5.41, 5.74) is 0.650. The van der Waals surface area contributed by atoms with Gasteiger partial charge in [-0.15, -0.1) is 0 Å². The third-order valence-corrected chi connectivity index (χ3v) is 2.75. The molecular weight excluding hydrogens is 167 g/mol. The Labute approximate surface area is 77.5 Å². The van der Waals surface area contributed by atoms with Gasteiger partial charge in [-0.2, -0.15) is 5.10 Å². The molecule has 1 N–H and O–H groups in total. The number of rotatable bonds is 3. The molecule has 1 heterocycles. The smallest absolute Gasteiger partial charge is 0.174 e. The predicted octanol–water partition coefficient (Wildman–Crippen LogP) is 2.50. The van der Waals surface area contributed by atoms with Gasteiger partial charge in [0.15, 0.2) is 12.0 Å². The normalized spacial score (nSPS) is 19.4. The zero-order valence-corrected chi connectivity index (χ0v) is 7.97. The highest BCUT2D eigenvalue weighted by Crippen LogP contribution is 2.46. The number of hydrogen-bond donors (Lipinski definition) is 1. The quantitative estimate of drug-likeness (QED) is 0.762. The van der Waals surface area contributed by atoms with Crippen molar-refractivity contribution in [3.05, 3.63) is 17.7 Å². The van der Waals surface area contributed by atoms with Gasteiger partial charge in [-0.25, -0.2) is 4.39 Å². The van der Waals surface area contributed by atoms with Gasteiger partial charge in [0.05, 0.1) is 5.69 Å². The van der Waals surface area contributed by atoms with E-state index in [4.69, 9.17) is 0 Å². The van der Waals surface area contributed by atoms with E-state index in [0.717, 1.165) is 0 Å². The molecule has 1 atom stereocenters. The van der Waals surface area contributed by atoms with Crippen molar-refractivity contribution in [2.45, 2.75) is 32.6 Å². The van der Waals surface area contributed by atoms with Gasteiger partial charge in [0.25, 0.3) is 0 Å². The number of hydrogen-bond acceptors (Lipinski definition) is 1. The van der Waals surface area contributed by atoms with Gasteiger partial charge in [-0.3, -0.25) is 5.10 Å². The van der Waals surface area contributed by atoms with E-state index in [1.807, 2.05) is 0 Å². The Morgan fingerprint density at radius 1 is 1.54 bits per heavy atom. The molecule has 0 aromatic carbocycles. The Morgan fingerprint density at radius 3 is 2.62 bits per heavy atom. The second-order valence-corrected chi connectivity index (χ2v) is 4.17. The lowest BCUT2D eigenvalue weighted by Gasteiger charge is -2.18. The van der Waals surface area contributed by atoms with E-state index in [1.165, 1.54) is 12.8 Å². The molecule has 1 aliphatic carbocycles. The van der Waals surface area contributed by atoms with E-state index in [1.54, 1.807) is 0 Å². The van der Waals surface area contributed by atoms with Crippen LogP contribution in [-0.2, 0) is 0 Å². The molecule has 1 unspecified atom stereocenters. The van der Waals surface area contributed by atoms with E-state index >= 15 is 0 Å². The highest BCUT2D eigenvalue weighted by molar-refractivity contribution is 5.12. The second-order valence-electron chi connectivity index (χ2n) is 4.17. The summed E-state index contributed by atoms with van der Waals surface area (Å²) in [6, 6.07) is 0. The molecule has 0 amide bonds. The van der Waals surface area contributed by atoms with Crippen molar-refractivity contribution in [1.29, 1.82) is 0 Å². The average Bonchev–Trinajstić information content (AvgIpc) is 2.78. The molecule has 1 aliphatic rings. The Morgan fingerprint density at radius 2 is 2.23 bits per heavy atom. The topological polar surface area (TPSA) is 28.7 Å². The standard InChI is InChI=1S/C10H14FN2/c1-6(2)9(7-3-4-7)10-8(11)5-12-13-10/h6-7,9H,3-4H2,1-2H3,(H,12,13). The Balaban J connectivity index is 2.24. The first-order chi connectivity index (χ1) is 6.20. The molecular formula is C10H14FN2. The molecule has 1 aromatic heterocycles. The molecule has 1 fully saturated rings. The summed E-state index contributed by atoms with van der Waals surface area (Å²) in [7, 11) is 0. The molecule has 0 spiro atoms. The first-order valence-electron chi connectivity index (χ1n) is 4.81. The summed E-state index contributed by atoms with van der Waals surface area (Å²) in [6.07, 6.45) is 4.76. The van der Waals surface area contributed by atoms with Crippen LogP contribution in [0.15, 0.2) is 0 Å². The third-order valence-electron chi connectivity index (χ3n) is 2.75. The first-order valence-corrected chi connectivity index (χ1v) is 4.81. The monoisotopic (exact) mass is 181 g/mol. The van der Waals surface area contributed by atoms with Gasteiger partial charge in [0, 0.05) is 5.92 Å². The minimum atomic E-state index is -0.300. The lowest BCUT2D eigenvalue weighted by Crippen LogP contribution is -2.11. The molecule has 71 valence electrons. The molecule has 1 saturated carbocycles. The number of nitrogens with zero attached hydrogens (tertiary/aromatic N) is 1. The third kappa shape index (κ3) is 1.60. The SMILES string of the molecule is CC(C)C(c1[nH]n[c]c1F)C1CC1. The van der Waals surface area contributed by atoms with Crippen LogP contribution in [0.25, 0.3) is 0 Å². The van der Waals surface area contributed by atoms with E-state index in [0.29, 0.717) is 23.4 Å². The lowest BCUT2D eigenvalue weighted by molar-refractivity contribution is 0.422. The maximum absolute atomic E-state index is 13.2. The number of nitrogens with one attached hydrogen (secondary N) is 1. The minimum absolute atomic E-state index is 0.300. The molecule has 1 aromatic rings. The van der Waals surface area contributed by atoms with Crippen LogP contribution < -0.4 is 0 Å². The largest absolute Gasteiger partial charge is 0.279 e. The molecule has 0 bridgehead atoms. The molecule has 0 aliphatic heterocycles. The van der Waals surface area contributed by atoms with Crippen LogP contribution in [0.1, 0.15) is 38.3 Å². The fraction of sp³-hybridized carbons (Fsp3) is 0.700. The Hall–Kier alpha value is -0.860. The highest BCUT2D eigenvalue weighted by atomic mass is 19.1. The van der Waals surface area contributed by atoms with Crippen molar-refractivity contribution in [3.8, 4) is 0 Å². The van der Waals surface area contributed by atoms with Crippen LogP contribution in [0.2, 0.25) is 0 Å². The molecule has 2 rings (SSSR count). The van der Waals surface area contributed by atoms with Gasteiger partial charge in [0.2, 0.25) is 0 Å². The van der Waals surface area contributed by atoms with E-state index < -0.39 is 0 Å². The first kappa shape index (κ1) is 8.73. The van der Waals surface area contributed by atoms with Gasteiger partial charge in [-0.1, -0.05) is 13.8 Å². The Kier molecular flexibility index (Phi) is 2.10. The second kappa shape index (κ2) is 3.13. The van der Waals surface area contributed by atoms with Gasteiger partial charge < -0.3 is 0 Å². The maximum atomic E-state index is 13.2.